The molecule has 0 unspecified atom stereocenters. The second kappa shape index (κ2) is 12.0. The molecule has 10 heteroatoms. The molecule has 1 atom stereocenters. The van der Waals surface area contributed by atoms with Crippen molar-refractivity contribution < 1.29 is 23.7 Å². The molecule has 0 fully saturated rings. The molecule has 5 rings (SSSR count). The molecular formula is C31H33N5O5. The Morgan fingerprint density at radius 2 is 1.73 bits per heavy atom. The number of ether oxygens (including phenoxy) is 4. The quantitative estimate of drug-likeness (QED) is 0.264. The number of hydrogen-bond donors (Lipinski definition) is 2. The molecule has 0 saturated carbocycles. The van der Waals surface area contributed by atoms with E-state index in [1.54, 1.807) is 37.1 Å². The third kappa shape index (κ3) is 5.81. The van der Waals surface area contributed by atoms with Crippen LogP contribution in [0.3, 0.4) is 0 Å². The molecule has 2 heterocycles. The zero-order chi connectivity index (χ0) is 28.9. The first-order valence-electron chi connectivity index (χ1n) is 13.3. The highest BCUT2D eigenvalue weighted by atomic mass is 16.5. The van der Waals surface area contributed by atoms with Crippen LogP contribution in [0.5, 0.6) is 23.0 Å². The van der Waals surface area contributed by atoms with E-state index in [4.69, 9.17) is 18.9 Å². The topological polar surface area (TPSA) is 109 Å². The summed E-state index contributed by atoms with van der Waals surface area (Å²) in [5.41, 5.74) is 4.62. The van der Waals surface area contributed by atoms with Crippen LogP contribution in [0.15, 0.2) is 78.3 Å². The highest BCUT2D eigenvalue weighted by Crippen LogP contribution is 2.40. The van der Waals surface area contributed by atoms with Gasteiger partial charge in [0.2, 0.25) is 5.95 Å². The monoisotopic (exact) mass is 555 g/mol. The van der Waals surface area contributed by atoms with Gasteiger partial charge in [0.05, 0.1) is 32.1 Å². The first-order chi connectivity index (χ1) is 19.9. The molecule has 41 heavy (non-hydrogen) atoms. The number of aryl methyl sites for hydroxylation is 1. The Balaban J connectivity index is 1.49. The van der Waals surface area contributed by atoms with Gasteiger partial charge >= 0.3 is 0 Å². The molecule has 0 aliphatic carbocycles. The zero-order valence-corrected chi connectivity index (χ0v) is 23.7. The molecule has 3 aromatic carbocycles. The van der Waals surface area contributed by atoms with E-state index in [9.17, 15) is 4.79 Å². The van der Waals surface area contributed by atoms with Crippen molar-refractivity contribution in [1.82, 2.24) is 14.8 Å². The summed E-state index contributed by atoms with van der Waals surface area (Å²) >= 11 is 0. The third-order valence-electron chi connectivity index (χ3n) is 6.79. The summed E-state index contributed by atoms with van der Waals surface area (Å²) in [6, 6.07) is 18.5. The predicted molar refractivity (Wildman–Crippen MR) is 156 cm³/mol. The van der Waals surface area contributed by atoms with E-state index in [2.05, 4.69) is 39.8 Å². The number of fused-ring (bicyclic) bond motifs is 1. The minimum Gasteiger partial charge on any atom is -0.497 e. The van der Waals surface area contributed by atoms with Gasteiger partial charge in [-0.05, 0) is 56.2 Å². The minimum absolute atomic E-state index is 0.328. The van der Waals surface area contributed by atoms with Crippen LogP contribution >= 0.6 is 0 Å². The number of nitrogens with one attached hydrogen (secondary N) is 2. The first kappa shape index (κ1) is 27.6. The largest absolute Gasteiger partial charge is 0.497 e. The van der Waals surface area contributed by atoms with Crippen molar-refractivity contribution in [2.45, 2.75) is 33.4 Å². The molecule has 1 aliphatic heterocycles. The van der Waals surface area contributed by atoms with Crippen molar-refractivity contribution in [2.24, 2.45) is 0 Å². The van der Waals surface area contributed by atoms with Crippen molar-refractivity contribution in [2.75, 3.05) is 31.5 Å². The highest BCUT2D eigenvalue weighted by Gasteiger charge is 2.34. The molecule has 1 aliphatic rings. The molecule has 1 amide bonds. The third-order valence-corrected chi connectivity index (χ3v) is 6.79. The van der Waals surface area contributed by atoms with Gasteiger partial charge in [-0.3, -0.25) is 4.79 Å². The molecule has 212 valence electrons. The van der Waals surface area contributed by atoms with Crippen LogP contribution in [-0.2, 0) is 11.4 Å². The van der Waals surface area contributed by atoms with Crippen LogP contribution in [0.4, 0.5) is 11.6 Å². The Bertz CT molecular complexity index is 1580. The SMILES string of the molecule is CCOc1cc([C@@H]2C(C(=O)Nc3cc(OC)ccc3OC)=C(C)Nc3ncnn32)ccc1OCc1ccc(C)cc1. The Morgan fingerprint density at radius 3 is 2.46 bits per heavy atom. The van der Waals surface area contributed by atoms with Crippen molar-refractivity contribution in [3.8, 4) is 23.0 Å². The van der Waals surface area contributed by atoms with E-state index >= 15 is 0 Å². The molecule has 4 aromatic rings. The summed E-state index contributed by atoms with van der Waals surface area (Å²) < 4.78 is 24.6. The predicted octanol–water partition coefficient (Wildman–Crippen LogP) is 5.51. The van der Waals surface area contributed by atoms with E-state index in [1.165, 1.54) is 11.9 Å². The molecule has 0 saturated heterocycles. The number of nitrogens with zero attached hydrogens (tertiary/aromatic N) is 3. The van der Waals surface area contributed by atoms with E-state index in [0.717, 1.165) is 11.1 Å². The lowest BCUT2D eigenvalue weighted by molar-refractivity contribution is -0.113. The number of benzene rings is 3. The minimum atomic E-state index is -0.587. The van der Waals surface area contributed by atoms with E-state index < -0.39 is 6.04 Å². The van der Waals surface area contributed by atoms with Gasteiger partial charge in [-0.2, -0.15) is 10.1 Å². The second-order valence-electron chi connectivity index (χ2n) is 9.53. The smallest absolute Gasteiger partial charge is 0.255 e. The molecule has 2 N–H and O–H groups in total. The molecule has 1 aromatic heterocycles. The Morgan fingerprint density at radius 1 is 0.951 bits per heavy atom. The molecule has 0 radical (unpaired) electrons. The fourth-order valence-corrected chi connectivity index (χ4v) is 4.72. The van der Waals surface area contributed by atoms with E-state index in [1.807, 2.05) is 44.2 Å². The Kier molecular flexibility index (Phi) is 8.09. The lowest BCUT2D eigenvalue weighted by Crippen LogP contribution is -2.31. The normalized spacial score (nSPS) is 14.1. The first-order valence-corrected chi connectivity index (χ1v) is 13.3. The van der Waals surface area contributed by atoms with Gasteiger partial charge in [0.25, 0.3) is 5.91 Å². The van der Waals surface area contributed by atoms with Crippen molar-refractivity contribution in [3.05, 3.63) is 95.0 Å². The summed E-state index contributed by atoms with van der Waals surface area (Å²) in [7, 11) is 3.11. The van der Waals surface area contributed by atoms with Gasteiger partial charge in [0.15, 0.2) is 11.5 Å². The van der Waals surface area contributed by atoms with Crippen LogP contribution in [0, 0.1) is 6.92 Å². The highest BCUT2D eigenvalue weighted by molar-refractivity contribution is 6.06. The second-order valence-corrected chi connectivity index (χ2v) is 9.53. The summed E-state index contributed by atoms with van der Waals surface area (Å²) in [5, 5.41) is 10.6. The van der Waals surface area contributed by atoms with E-state index in [0.29, 0.717) is 59.1 Å². The maximum absolute atomic E-state index is 13.9. The number of methoxy groups -OCH3 is 2. The Labute approximate surface area is 238 Å². The van der Waals surface area contributed by atoms with Gasteiger partial charge in [-0.15, -0.1) is 0 Å². The standard InChI is InChI=1S/C31H33N5O5/c1-6-40-27-15-22(11-13-26(27)41-17-21-9-7-19(2)8-10-21)29-28(20(3)34-31-32-18-33-36(29)31)30(37)35-24-16-23(38-4)12-14-25(24)39-5/h7-16,18,29H,6,17H2,1-5H3,(H,35,37)(H,32,33,34)/t29-/m1/s1. The van der Waals surface area contributed by atoms with E-state index in [-0.39, 0.29) is 5.91 Å². The van der Waals surface area contributed by atoms with Crippen molar-refractivity contribution >= 4 is 17.5 Å². The molecule has 0 spiro atoms. The van der Waals surface area contributed by atoms with Gasteiger partial charge in [-0.25, -0.2) is 4.68 Å². The van der Waals surface area contributed by atoms with Gasteiger partial charge < -0.3 is 29.6 Å². The fraction of sp³-hybridized carbons (Fsp3) is 0.258. The lowest BCUT2D eigenvalue weighted by atomic mass is 9.94. The van der Waals surface area contributed by atoms with Gasteiger partial charge in [0.1, 0.15) is 30.5 Å². The molecule has 10 nitrogen and oxygen atoms in total. The average Bonchev–Trinajstić information content (AvgIpc) is 3.44. The number of amides is 1. The maximum atomic E-state index is 13.9. The van der Waals surface area contributed by atoms with Crippen LogP contribution < -0.4 is 29.6 Å². The fourth-order valence-electron chi connectivity index (χ4n) is 4.72. The zero-order valence-electron chi connectivity index (χ0n) is 23.7. The molecular weight excluding hydrogens is 522 g/mol. The molecule has 0 bridgehead atoms. The maximum Gasteiger partial charge on any atom is 0.255 e. The number of aromatic nitrogens is 3. The van der Waals surface area contributed by atoms with Gasteiger partial charge in [-0.1, -0.05) is 35.9 Å². The Hall–Kier alpha value is -4.99. The summed E-state index contributed by atoms with van der Waals surface area (Å²) in [6.45, 7) is 6.65. The number of allylic oxidation sites excluding steroid dienone is 1. The summed E-state index contributed by atoms with van der Waals surface area (Å²) in [6.07, 6.45) is 1.46. The van der Waals surface area contributed by atoms with Crippen LogP contribution in [-0.4, -0.2) is 41.5 Å². The number of carbonyl (C=O) groups excluding carboxylic acids is 1. The van der Waals surface area contributed by atoms with Crippen molar-refractivity contribution in [1.29, 1.82) is 0 Å². The summed E-state index contributed by atoms with van der Waals surface area (Å²) in [5.74, 6) is 2.48. The number of carbonyl (C=O) groups is 1. The lowest BCUT2D eigenvalue weighted by Gasteiger charge is -2.29. The number of anilines is 2. The van der Waals surface area contributed by atoms with Crippen LogP contribution in [0.25, 0.3) is 0 Å². The number of hydrogen-bond acceptors (Lipinski definition) is 8. The van der Waals surface area contributed by atoms with Crippen LogP contribution in [0.1, 0.15) is 36.6 Å². The average molecular weight is 556 g/mol. The van der Waals surface area contributed by atoms with Crippen molar-refractivity contribution in [3.63, 3.8) is 0 Å². The van der Waals surface area contributed by atoms with Gasteiger partial charge in [0, 0.05) is 11.8 Å². The number of rotatable bonds is 10. The summed E-state index contributed by atoms with van der Waals surface area (Å²) in [4.78, 5) is 18.2. The van der Waals surface area contributed by atoms with Crippen LogP contribution in [0.2, 0.25) is 0 Å².